The van der Waals surface area contributed by atoms with Gasteiger partial charge in [0.05, 0.1) is 12.7 Å². The van der Waals surface area contributed by atoms with Crippen LogP contribution in [0.2, 0.25) is 0 Å². The fourth-order valence-corrected chi connectivity index (χ4v) is 2.06. The van der Waals surface area contributed by atoms with Gasteiger partial charge in [-0.2, -0.15) is 5.26 Å². The zero-order chi connectivity index (χ0) is 15.0. The molecule has 1 atom stereocenters. The Morgan fingerprint density at radius 1 is 1.35 bits per heavy atom. The lowest BCUT2D eigenvalue weighted by atomic mass is 9.98. The molecule has 20 heavy (non-hydrogen) atoms. The highest BCUT2D eigenvalue weighted by Gasteiger charge is 2.21. The number of aryl methyl sites for hydroxylation is 2. The van der Waals surface area contributed by atoms with Gasteiger partial charge in [-0.3, -0.25) is 5.32 Å². The molecule has 110 valence electrons. The van der Waals surface area contributed by atoms with Crippen molar-refractivity contribution in [2.75, 3.05) is 13.2 Å². The minimum atomic E-state index is -0.443. The van der Waals surface area contributed by atoms with Gasteiger partial charge >= 0.3 is 0 Å². The number of benzene rings is 1. The molecule has 3 nitrogen and oxygen atoms in total. The van der Waals surface area contributed by atoms with Crippen LogP contribution < -0.4 is 10.1 Å². The highest BCUT2D eigenvalue weighted by Crippen LogP contribution is 2.20. The second kappa shape index (κ2) is 7.91. The summed E-state index contributed by atoms with van der Waals surface area (Å²) in [5, 5.41) is 12.6. The zero-order valence-corrected chi connectivity index (χ0v) is 13.1. The van der Waals surface area contributed by atoms with Crippen LogP contribution in [0.5, 0.6) is 5.75 Å². The van der Waals surface area contributed by atoms with Crippen LogP contribution in [-0.4, -0.2) is 18.7 Å². The maximum absolute atomic E-state index is 9.26. The van der Waals surface area contributed by atoms with Gasteiger partial charge in [0.2, 0.25) is 0 Å². The number of rotatable bonds is 8. The second-order valence-corrected chi connectivity index (χ2v) is 5.59. The number of nitrogens with zero attached hydrogens (tertiary/aromatic N) is 1. The van der Waals surface area contributed by atoms with Gasteiger partial charge in [0.1, 0.15) is 11.3 Å². The lowest BCUT2D eigenvalue weighted by molar-refractivity contribution is 0.283. The van der Waals surface area contributed by atoms with Crippen molar-refractivity contribution in [2.45, 2.75) is 52.5 Å². The van der Waals surface area contributed by atoms with Crippen LogP contribution in [0.4, 0.5) is 0 Å². The van der Waals surface area contributed by atoms with Crippen LogP contribution in [-0.2, 0) is 0 Å². The van der Waals surface area contributed by atoms with E-state index in [-0.39, 0.29) is 0 Å². The van der Waals surface area contributed by atoms with Crippen molar-refractivity contribution < 1.29 is 4.74 Å². The number of nitrogens with one attached hydrogen (secondary N) is 1. The van der Waals surface area contributed by atoms with Crippen molar-refractivity contribution in [2.24, 2.45) is 0 Å². The molecule has 0 heterocycles. The Morgan fingerprint density at radius 2 is 2.10 bits per heavy atom. The Labute approximate surface area is 123 Å². The summed E-state index contributed by atoms with van der Waals surface area (Å²) in [5.74, 6) is 0.949. The number of hydrogen-bond acceptors (Lipinski definition) is 3. The Morgan fingerprint density at radius 3 is 2.75 bits per heavy atom. The lowest BCUT2D eigenvalue weighted by Gasteiger charge is -2.23. The van der Waals surface area contributed by atoms with Crippen molar-refractivity contribution in [3.05, 3.63) is 29.3 Å². The van der Waals surface area contributed by atoms with E-state index in [1.54, 1.807) is 0 Å². The Kier molecular flexibility index (Phi) is 6.54. The van der Waals surface area contributed by atoms with E-state index < -0.39 is 5.54 Å². The van der Waals surface area contributed by atoms with Crippen molar-refractivity contribution in [3.63, 3.8) is 0 Å². The minimum Gasteiger partial charge on any atom is -0.493 e. The smallest absolute Gasteiger partial charge is 0.122 e. The topological polar surface area (TPSA) is 45.0 Å². The summed E-state index contributed by atoms with van der Waals surface area (Å²) in [6.07, 6.45) is 2.71. The van der Waals surface area contributed by atoms with Crippen LogP contribution in [0.25, 0.3) is 0 Å². The first-order valence-electron chi connectivity index (χ1n) is 7.37. The molecule has 0 fully saturated rings. The van der Waals surface area contributed by atoms with Crippen LogP contribution in [0.3, 0.4) is 0 Å². The summed E-state index contributed by atoms with van der Waals surface area (Å²) >= 11 is 0. The first kappa shape index (κ1) is 16.5. The van der Waals surface area contributed by atoms with E-state index in [4.69, 9.17) is 4.74 Å². The van der Waals surface area contributed by atoms with Crippen molar-refractivity contribution >= 4 is 0 Å². The van der Waals surface area contributed by atoms with E-state index in [9.17, 15) is 5.26 Å². The summed E-state index contributed by atoms with van der Waals surface area (Å²) in [4.78, 5) is 0. The average Bonchev–Trinajstić information content (AvgIpc) is 2.45. The number of hydrogen-bond donors (Lipinski definition) is 1. The molecule has 3 heteroatoms. The maximum Gasteiger partial charge on any atom is 0.122 e. The molecular weight excluding hydrogens is 248 g/mol. The van der Waals surface area contributed by atoms with Gasteiger partial charge in [-0.25, -0.2) is 0 Å². The third kappa shape index (κ3) is 5.22. The Balaban J connectivity index is 2.41. The SMILES string of the molecule is CCCNC(C)(C#N)CCCOc1cc(C)ccc1C. The van der Waals surface area contributed by atoms with E-state index in [2.05, 4.69) is 50.4 Å². The largest absolute Gasteiger partial charge is 0.493 e. The molecule has 0 aromatic heterocycles. The summed E-state index contributed by atoms with van der Waals surface area (Å²) in [6.45, 7) is 9.71. The molecule has 0 radical (unpaired) electrons. The Hall–Kier alpha value is -1.53. The molecule has 0 saturated heterocycles. The zero-order valence-electron chi connectivity index (χ0n) is 13.1. The monoisotopic (exact) mass is 274 g/mol. The molecule has 0 aliphatic rings. The van der Waals surface area contributed by atoms with Crippen LogP contribution in [0.1, 0.15) is 44.2 Å². The quantitative estimate of drug-likeness (QED) is 0.734. The molecule has 1 N–H and O–H groups in total. The third-order valence-corrected chi connectivity index (χ3v) is 3.43. The van der Waals surface area contributed by atoms with E-state index in [1.165, 1.54) is 5.56 Å². The fourth-order valence-electron chi connectivity index (χ4n) is 2.06. The first-order valence-corrected chi connectivity index (χ1v) is 7.37. The molecule has 1 rings (SSSR count). The predicted octanol–water partition coefficient (Wildman–Crippen LogP) is 3.74. The summed E-state index contributed by atoms with van der Waals surface area (Å²) in [5.41, 5.74) is 1.92. The van der Waals surface area contributed by atoms with Gasteiger partial charge in [-0.1, -0.05) is 19.1 Å². The van der Waals surface area contributed by atoms with E-state index >= 15 is 0 Å². The van der Waals surface area contributed by atoms with Crippen molar-refractivity contribution in [1.82, 2.24) is 5.32 Å². The maximum atomic E-state index is 9.26. The van der Waals surface area contributed by atoms with Crippen molar-refractivity contribution in [1.29, 1.82) is 5.26 Å². The minimum absolute atomic E-state index is 0.443. The molecule has 1 aromatic carbocycles. The highest BCUT2D eigenvalue weighted by molar-refractivity contribution is 5.35. The molecule has 1 aromatic rings. The molecule has 0 aliphatic heterocycles. The van der Waals surface area contributed by atoms with E-state index in [1.807, 2.05) is 6.92 Å². The third-order valence-electron chi connectivity index (χ3n) is 3.43. The standard InChI is InChI=1S/C17H26N2O/c1-5-10-19-17(4,13-18)9-6-11-20-16-12-14(2)7-8-15(16)3/h7-8,12,19H,5-6,9-11H2,1-4H3. The normalized spacial score (nSPS) is 13.6. The van der Waals surface area contributed by atoms with E-state index in [0.29, 0.717) is 6.61 Å². The van der Waals surface area contributed by atoms with Gasteiger partial charge in [-0.15, -0.1) is 0 Å². The van der Waals surface area contributed by atoms with Gasteiger partial charge < -0.3 is 4.74 Å². The fraction of sp³-hybridized carbons (Fsp3) is 0.588. The molecule has 0 saturated carbocycles. The van der Waals surface area contributed by atoms with Crippen molar-refractivity contribution in [3.8, 4) is 11.8 Å². The Bertz CT molecular complexity index is 465. The molecule has 0 amide bonds. The average molecular weight is 274 g/mol. The van der Waals surface area contributed by atoms with E-state index in [0.717, 1.165) is 37.1 Å². The molecule has 0 bridgehead atoms. The van der Waals surface area contributed by atoms with Gasteiger partial charge in [0, 0.05) is 0 Å². The highest BCUT2D eigenvalue weighted by atomic mass is 16.5. The van der Waals surface area contributed by atoms with Crippen LogP contribution in [0.15, 0.2) is 18.2 Å². The lowest BCUT2D eigenvalue weighted by Crippen LogP contribution is -2.41. The molecule has 0 spiro atoms. The second-order valence-electron chi connectivity index (χ2n) is 5.59. The van der Waals surface area contributed by atoms with Crippen LogP contribution >= 0.6 is 0 Å². The van der Waals surface area contributed by atoms with Gasteiger partial charge in [-0.05, 0) is 63.8 Å². The number of nitriles is 1. The first-order chi connectivity index (χ1) is 9.50. The predicted molar refractivity (Wildman–Crippen MR) is 83.0 cm³/mol. The van der Waals surface area contributed by atoms with Gasteiger partial charge in [0.15, 0.2) is 0 Å². The molecule has 0 aliphatic carbocycles. The summed E-state index contributed by atoms with van der Waals surface area (Å²) in [7, 11) is 0. The number of ether oxygens (including phenoxy) is 1. The molecular formula is C17H26N2O. The van der Waals surface area contributed by atoms with Crippen LogP contribution in [0, 0.1) is 25.2 Å². The summed E-state index contributed by atoms with van der Waals surface area (Å²) in [6, 6.07) is 8.59. The van der Waals surface area contributed by atoms with Gasteiger partial charge in [0.25, 0.3) is 0 Å². The summed E-state index contributed by atoms with van der Waals surface area (Å²) < 4.78 is 5.82. The molecule has 1 unspecified atom stereocenters.